The van der Waals surface area contributed by atoms with E-state index in [-0.39, 0.29) is 23.5 Å². The van der Waals surface area contributed by atoms with E-state index in [1.807, 2.05) is 38.4 Å². The van der Waals surface area contributed by atoms with Crippen LogP contribution in [0.3, 0.4) is 0 Å². The summed E-state index contributed by atoms with van der Waals surface area (Å²) in [7, 11) is 4.07. The second-order valence-electron chi connectivity index (χ2n) is 8.08. The van der Waals surface area contributed by atoms with E-state index in [1.165, 1.54) is 0 Å². The van der Waals surface area contributed by atoms with Crippen LogP contribution in [-0.4, -0.2) is 48.8 Å². The van der Waals surface area contributed by atoms with E-state index < -0.39 is 6.10 Å². The van der Waals surface area contributed by atoms with Crippen molar-refractivity contribution in [1.29, 1.82) is 0 Å². The maximum absolute atomic E-state index is 12.5. The zero-order chi connectivity index (χ0) is 17.9. The number of aliphatic hydroxyl groups excluding tert-OH is 1. The number of carbonyl (C=O) groups excluding carboxylic acids is 1. The van der Waals surface area contributed by atoms with Crippen LogP contribution in [0.4, 0.5) is 4.79 Å². The molecular weight excluding hydrogens is 302 g/mol. The van der Waals surface area contributed by atoms with Gasteiger partial charge in [0.1, 0.15) is 0 Å². The summed E-state index contributed by atoms with van der Waals surface area (Å²) in [4.78, 5) is 14.6. The number of hydrogen-bond donors (Lipinski definition) is 3. The van der Waals surface area contributed by atoms with Crippen LogP contribution in [0.25, 0.3) is 0 Å². The molecular formula is C19H31N3O2. The fourth-order valence-electron chi connectivity index (χ4n) is 3.20. The SMILES string of the molecule is CN(C)CCC(NC(=O)N[C@H]1c2ccccc2C[C@H]1O)C(C)(C)C. The second kappa shape index (κ2) is 7.53. The number of hydrogen-bond acceptors (Lipinski definition) is 3. The van der Waals surface area contributed by atoms with Gasteiger partial charge in [0.25, 0.3) is 0 Å². The Hall–Kier alpha value is -1.59. The highest BCUT2D eigenvalue weighted by molar-refractivity contribution is 5.75. The number of rotatable bonds is 5. The summed E-state index contributed by atoms with van der Waals surface area (Å²) in [5.74, 6) is 0. The fourth-order valence-corrected chi connectivity index (χ4v) is 3.20. The third-order valence-corrected chi connectivity index (χ3v) is 4.71. The van der Waals surface area contributed by atoms with Crippen LogP contribution in [-0.2, 0) is 6.42 Å². The molecule has 24 heavy (non-hydrogen) atoms. The molecule has 2 rings (SSSR count). The lowest BCUT2D eigenvalue weighted by atomic mass is 9.84. The number of aliphatic hydroxyl groups is 1. The molecule has 1 unspecified atom stereocenters. The molecule has 0 aromatic heterocycles. The summed E-state index contributed by atoms with van der Waals surface area (Å²) < 4.78 is 0. The lowest BCUT2D eigenvalue weighted by Gasteiger charge is -2.33. The Morgan fingerprint density at radius 2 is 2.00 bits per heavy atom. The molecule has 1 aromatic rings. The van der Waals surface area contributed by atoms with Gasteiger partial charge in [-0.15, -0.1) is 0 Å². The van der Waals surface area contributed by atoms with Crippen molar-refractivity contribution >= 4 is 6.03 Å². The molecule has 1 aliphatic rings. The minimum Gasteiger partial charge on any atom is -0.390 e. The fraction of sp³-hybridized carbons (Fsp3) is 0.632. The van der Waals surface area contributed by atoms with Gasteiger partial charge in [0.05, 0.1) is 12.1 Å². The van der Waals surface area contributed by atoms with Crippen molar-refractivity contribution < 1.29 is 9.90 Å². The third kappa shape index (κ3) is 4.71. The van der Waals surface area contributed by atoms with Gasteiger partial charge in [0.2, 0.25) is 0 Å². The van der Waals surface area contributed by atoms with E-state index in [2.05, 4.69) is 36.3 Å². The van der Waals surface area contributed by atoms with E-state index in [0.29, 0.717) is 6.42 Å². The lowest BCUT2D eigenvalue weighted by Crippen LogP contribution is -2.50. The standard InChI is InChI=1S/C19H31N3O2/c1-19(2,3)16(10-11-22(4)5)20-18(24)21-17-14-9-7-6-8-13(14)12-15(17)23/h6-9,15-17,23H,10-12H2,1-5H3,(H2,20,21,24)/t15-,16?,17+/m1/s1. The van der Waals surface area contributed by atoms with Gasteiger partial charge >= 0.3 is 6.03 Å². The first-order valence-electron chi connectivity index (χ1n) is 8.66. The van der Waals surface area contributed by atoms with E-state index in [0.717, 1.165) is 24.1 Å². The number of benzene rings is 1. The molecule has 3 atom stereocenters. The zero-order valence-electron chi connectivity index (χ0n) is 15.5. The van der Waals surface area contributed by atoms with Crippen LogP contribution in [0.2, 0.25) is 0 Å². The predicted molar refractivity (Wildman–Crippen MR) is 97.0 cm³/mol. The van der Waals surface area contributed by atoms with Crippen LogP contribution in [0.1, 0.15) is 44.4 Å². The largest absolute Gasteiger partial charge is 0.390 e. The molecule has 2 amide bonds. The first-order chi connectivity index (χ1) is 11.2. The van der Waals surface area contributed by atoms with Gasteiger partial charge in [0.15, 0.2) is 0 Å². The number of nitrogens with one attached hydrogen (secondary N) is 2. The summed E-state index contributed by atoms with van der Waals surface area (Å²) in [6.07, 6.45) is 0.904. The number of amides is 2. The van der Waals surface area contributed by atoms with Crippen molar-refractivity contribution in [1.82, 2.24) is 15.5 Å². The van der Waals surface area contributed by atoms with Gasteiger partial charge < -0.3 is 20.6 Å². The minimum absolute atomic E-state index is 0.0282. The molecule has 0 saturated carbocycles. The van der Waals surface area contributed by atoms with E-state index in [4.69, 9.17) is 0 Å². The highest BCUT2D eigenvalue weighted by Gasteiger charge is 2.33. The summed E-state index contributed by atoms with van der Waals surface area (Å²) in [6.45, 7) is 7.31. The van der Waals surface area contributed by atoms with Gasteiger partial charge in [-0.1, -0.05) is 45.0 Å². The Balaban J connectivity index is 2.00. The molecule has 134 valence electrons. The van der Waals surface area contributed by atoms with Crippen molar-refractivity contribution in [2.24, 2.45) is 5.41 Å². The molecule has 0 aliphatic heterocycles. The normalized spacial score (nSPS) is 21.5. The molecule has 1 aliphatic carbocycles. The topological polar surface area (TPSA) is 64.6 Å². The first kappa shape index (κ1) is 18.7. The van der Waals surface area contributed by atoms with Gasteiger partial charge in [0, 0.05) is 12.5 Å². The predicted octanol–water partition coefficient (Wildman–Crippen LogP) is 2.31. The van der Waals surface area contributed by atoms with Crippen LogP contribution < -0.4 is 10.6 Å². The molecule has 0 radical (unpaired) electrons. The van der Waals surface area contributed by atoms with E-state index in [1.54, 1.807) is 0 Å². The Labute approximate surface area is 145 Å². The third-order valence-electron chi connectivity index (χ3n) is 4.71. The highest BCUT2D eigenvalue weighted by Crippen LogP contribution is 2.31. The minimum atomic E-state index is -0.567. The Morgan fingerprint density at radius 1 is 1.33 bits per heavy atom. The van der Waals surface area contributed by atoms with Crippen LogP contribution in [0.15, 0.2) is 24.3 Å². The Bertz CT molecular complexity index is 566. The monoisotopic (exact) mass is 333 g/mol. The smallest absolute Gasteiger partial charge is 0.315 e. The number of nitrogens with zero attached hydrogens (tertiary/aromatic N) is 1. The first-order valence-corrected chi connectivity index (χ1v) is 8.66. The van der Waals surface area contributed by atoms with Gasteiger partial charge in [-0.2, -0.15) is 0 Å². The molecule has 0 spiro atoms. The molecule has 3 N–H and O–H groups in total. The van der Waals surface area contributed by atoms with Crippen LogP contribution in [0.5, 0.6) is 0 Å². The number of carbonyl (C=O) groups is 1. The molecule has 1 aromatic carbocycles. The molecule has 5 nitrogen and oxygen atoms in total. The average Bonchev–Trinajstić information content (AvgIpc) is 2.78. The Morgan fingerprint density at radius 3 is 2.62 bits per heavy atom. The Kier molecular flexibility index (Phi) is 5.88. The van der Waals surface area contributed by atoms with Crippen molar-refractivity contribution in [2.45, 2.75) is 51.8 Å². The van der Waals surface area contributed by atoms with Crippen molar-refractivity contribution in [2.75, 3.05) is 20.6 Å². The van der Waals surface area contributed by atoms with Crippen molar-refractivity contribution in [3.05, 3.63) is 35.4 Å². The average molecular weight is 333 g/mol. The van der Waals surface area contributed by atoms with Gasteiger partial charge in [-0.05, 0) is 43.6 Å². The number of fused-ring (bicyclic) bond motifs is 1. The van der Waals surface area contributed by atoms with Gasteiger partial charge in [-0.25, -0.2) is 4.79 Å². The lowest BCUT2D eigenvalue weighted by molar-refractivity contribution is 0.139. The maximum atomic E-state index is 12.5. The van der Waals surface area contributed by atoms with Gasteiger partial charge in [-0.3, -0.25) is 0 Å². The molecule has 0 saturated heterocycles. The molecule has 0 bridgehead atoms. The summed E-state index contributed by atoms with van der Waals surface area (Å²) in [5, 5.41) is 16.3. The van der Waals surface area contributed by atoms with E-state index in [9.17, 15) is 9.90 Å². The van der Waals surface area contributed by atoms with E-state index >= 15 is 0 Å². The van der Waals surface area contributed by atoms with Crippen LogP contribution >= 0.6 is 0 Å². The number of urea groups is 1. The summed E-state index contributed by atoms with van der Waals surface area (Å²) in [5.41, 5.74) is 2.09. The van der Waals surface area contributed by atoms with Crippen LogP contribution in [0, 0.1) is 5.41 Å². The zero-order valence-corrected chi connectivity index (χ0v) is 15.5. The molecule has 0 heterocycles. The van der Waals surface area contributed by atoms with Crippen molar-refractivity contribution in [3.8, 4) is 0 Å². The van der Waals surface area contributed by atoms with Crippen molar-refractivity contribution in [3.63, 3.8) is 0 Å². The molecule has 0 fully saturated rings. The summed E-state index contributed by atoms with van der Waals surface area (Å²) >= 11 is 0. The maximum Gasteiger partial charge on any atom is 0.315 e. The summed E-state index contributed by atoms with van der Waals surface area (Å²) in [6, 6.07) is 7.40. The second-order valence-corrected chi connectivity index (χ2v) is 8.08. The quantitative estimate of drug-likeness (QED) is 0.775. The highest BCUT2D eigenvalue weighted by atomic mass is 16.3. The molecule has 5 heteroatoms.